The molecule has 16 heavy (non-hydrogen) atoms. The van der Waals surface area contributed by atoms with Crippen molar-refractivity contribution in [2.24, 2.45) is 0 Å². The van der Waals surface area contributed by atoms with E-state index in [0.29, 0.717) is 5.69 Å². The molecule has 3 nitrogen and oxygen atoms in total. The molecule has 0 aliphatic rings. The molecule has 0 unspecified atom stereocenters. The Kier molecular flexibility index (Phi) is 3.74. The van der Waals surface area contributed by atoms with Crippen molar-refractivity contribution in [1.82, 2.24) is 9.55 Å². The maximum absolute atomic E-state index is 6.07. The average molecular weight is 254 g/mol. The molecule has 0 saturated carbocycles. The number of aryl methyl sites for hydroxylation is 1. The van der Waals surface area contributed by atoms with E-state index in [2.05, 4.69) is 4.98 Å². The van der Waals surface area contributed by atoms with Crippen LogP contribution in [0, 0.1) is 0 Å². The van der Waals surface area contributed by atoms with Gasteiger partial charge in [0.25, 0.3) is 0 Å². The van der Waals surface area contributed by atoms with Crippen molar-refractivity contribution in [3.05, 3.63) is 41.9 Å². The summed E-state index contributed by atoms with van der Waals surface area (Å²) in [7, 11) is 0. The fraction of sp³-hybridized carbons (Fsp3) is 0.182. The standard InChI is InChI=1S/C11H12ClN3S/c12-10-7-9(13)1-2-11(10)16-6-5-15-4-3-14-8-15/h1-4,7-8H,5-6,13H2. The molecule has 0 radical (unpaired) electrons. The summed E-state index contributed by atoms with van der Waals surface area (Å²) in [6, 6.07) is 5.60. The van der Waals surface area contributed by atoms with Crippen LogP contribution in [0.5, 0.6) is 0 Å². The number of aromatic nitrogens is 2. The van der Waals surface area contributed by atoms with Crippen molar-refractivity contribution in [2.45, 2.75) is 11.4 Å². The maximum atomic E-state index is 6.07. The zero-order valence-corrected chi connectivity index (χ0v) is 10.2. The molecule has 2 aromatic rings. The fourth-order valence-corrected chi connectivity index (χ4v) is 2.55. The van der Waals surface area contributed by atoms with E-state index in [1.807, 2.05) is 29.2 Å². The first-order valence-electron chi connectivity index (χ1n) is 4.89. The van der Waals surface area contributed by atoms with Crippen LogP contribution in [0.3, 0.4) is 0 Å². The van der Waals surface area contributed by atoms with Gasteiger partial charge < -0.3 is 10.3 Å². The van der Waals surface area contributed by atoms with E-state index in [1.54, 1.807) is 24.0 Å². The summed E-state index contributed by atoms with van der Waals surface area (Å²) in [5.41, 5.74) is 6.33. The van der Waals surface area contributed by atoms with Gasteiger partial charge in [0.1, 0.15) is 0 Å². The van der Waals surface area contributed by atoms with Crippen LogP contribution in [0.2, 0.25) is 5.02 Å². The summed E-state index contributed by atoms with van der Waals surface area (Å²) in [6.45, 7) is 0.922. The van der Waals surface area contributed by atoms with E-state index in [9.17, 15) is 0 Å². The molecular formula is C11H12ClN3S. The Bertz CT molecular complexity index is 456. The fourth-order valence-electron chi connectivity index (χ4n) is 1.31. The summed E-state index contributed by atoms with van der Waals surface area (Å²) in [4.78, 5) is 5.05. The average Bonchev–Trinajstić information content (AvgIpc) is 2.74. The largest absolute Gasteiger partial charge is 0.399 e. The predicted molar refractivity (Wildman–Crippen MR) is 68.8 cm³/mol. The highest BCUT2D eigenvalue weighted by Gasteiger charge is 2.01. The van der Waals surface area contributed by atoms with Crippen LogP contribution in [0.25, 0.3) is 0 Å². The SMILES string of the molecule is Nc1ccc(SCCn2ccnc2)c(Cl)c1. The Morgan fingerprint density at radius 3 is 3.00 bits per heavy atom. The second-order valence-electron chi connectivity index (χ2n) is 3.34. The van der Waals surface area contributed by atoms with E-state index in [4.69, 9.17) is 17.3 Å². The molecular weight excluding hydrogens is 242 g/mol. The highest BCUT2D eigenvalue weighted by atomic mass is 35.5. The minimum absolute atomic E-state index is 0.698. The van der Waals surface area contributed by atoms with Gasteiger partial charge in [-0.2, -0.15) is 0 Å². The molecule has 0 atom stereocenters. The molecule has 0 spiro atoms. The monoisotopic (exact) mass is 253 g/mol. The molecule has 0 saturated heterocycles. The van der Waals surface area contributed by atoms with Crippen LogP contribution in [0.4, 0.5) is 5.69 Å². The highest BCUT2D eigenvalue weighted by Crippen LogP contribution is 2.28. The number of imidazole rings is 1. The lowest BCUT2D eigenvalue weighted by Gasteiger charge is -2.05. The first kappa shape index (κ1) is 11.4. The van der Waals surface area contributed by atoms with Crippen LogP contribution in [0.15, 0.2) is 41.8 Å². The van der Waals surface area contributed by atoms with Gasteiger partial charge in [0, 0.05) is 35.3 Å². The van der Waals surface area contributed by atoms with Crippen molar-refractivity contribution >= 4 is 29.1 Å². The summed E-state index contributed by atoms with van der Waals surface area (Å²) < 4.78 is 2.04. The molecule has 2 N–H and O–H groups in total. The third-order valence-corrected chi connectivity index (χ3v) is 3.60. The number of thioether (sulfide) groups is 1. The quantitative estimate of drug-likeness (QED) is 0.673. The molecule has 1 aromatic carbocycles. The molecule has 0 amide bonds. The summed E-state index contributed by atoms with van der Waals surface area (Å²) in [6.07, 6.45) is 5.54. The van der Waals surface area contributed by atoms with Gasteiger partial charge >= 0.3 is 0 Å². The lowest BCUT2D eigenvalue weighted by molar-refractivity contribution is 0.770. The number of nitrogen functional groups attached to an aromatic ring is 1. The Hall–Kier alpha value is -1.13. The zero-order chi connectivity index (χ0) is 11.4. The smallest absolute Gasteiger partial charge is 0.0946 e. The first-order chi connectivity index (χ1) is 7.75. The van der Waals surface area contributed by atoms with Crippen molar-refractivity contribution in [3.8, 4) is 0 Å². The van der Waals surface area contributed by atoms with E-state index in [1.165, 1.54) is 0 Å². The molecule has 5 heteroatoms. The lowest BCUT2D eigenvalue weighted by Crippen LogP contribution is -1.96. The Balaban J connectivity index is 1.90. The summed E-state index contributed by atoms with van der Waals surface area (Å²) in [5, 5.41) is 0.718. The third kappa shape index (κ3) is 2.93. The molecule has 2 rings (SSSR count). The van der Waals surface area contributed by atoms with Gasteiger partial charge in [-0.05, 0) is 18.2 Å². The van der Waals surface area contributed by atoms with E-state index >= 15 is 0 Å². The van der Waals surface area contributed by atoms with Gasteiger partial charge in [0.2, 0.25) is 0 Å². The normalized spacial score (nSPS) is 10.6. The number of hydrogen-bond acceptors (Lipinski definition) is 3. The molecule has 0 bridgehead atoms. The number of nitrogens with two attached hydrogens (primary N) is 1. The van der Waals surface area contributed by atoms with Gasteiger partial charge in [0.15, 0.2) is 0 Å². The number of benzene rings is 1. The number of hydrogen-bond donors (Lipinski definition) is 1. The van der Waals surface area contributed by atoms with Crippen molar-refractivity contribution in [1.29, 1.82) is 0 Å². The minimum atomic E-state index is 0.698. The summed E-state index contributed by atoms with van der Waals surface area (Å²) >= 11 is 7.79. The molecule has 0 aliphatic heterocycles. The molecule has 1 aromatic heterocycles. The van der Waals surface area contributed by atoms with Crippen molar-refractivity contribution < 1.29 is 0 Å². The zero-order valence-electron chi connectivity index (χ0n) is 8.64. The number of rotatable bonds is 4. The predicted octanol–water partition coefficient (Wildman–Crippen LogP) is 2.91. The number of nitrogens with zero attached hydrogens (tertiary/aromatic N) is 2. The van der Waals surface area contributed by atoms with Gasteiger partial charge in [-0.3, -0.25) is 0 Å². The molecule has 0 fully saturated rings. The topological polar surface area (TPSA) is 43.8 Å². The molecule has 0 aliphatic carbocycles. The van der Waals surface area contributed by atoms with Crippen LogP contribution in [0.1, 0.15) is 0 Å². The Labute approximate surface area is 104 Å². The lowest BCUT2D eigenvalue weighted by atomic mass is 10.3. The molecule has 1 heterocycles. The van der Waals surface area contributed by atoms with E-state index < -0.39 is 0 Å². The first-order valence-corrected chi connectivity index (χ1v) is 6.25. The second kappa shape index (κ2) is 5.27. The maximum Gasteiger partial charge on any atom is 0.0946 e. The van der Waals surface area contributed by atoms with Gasteiger partial charge in [-0.25, -0.2) is 4.98 Å². The minimum Gasteiger partial charge on any atom is -0.399 e. The van der Waals surface area contributed by atoms with Crippen LogP contribution < -0.4 is 5.73 Å². The highest BCUT2D eigenvalue weighted by molar-refractivity contribution is 7.99. The van der Waals surface area contributed by atoms with Crippen LogP contribution >= 0.6 is 23.4 Å². The van der Waals surface area contributed by atoms with Crippen molar-refractivity contribution in [3.63, 3.8) is 0 Å². The van der Waals surface area contributed by atoms with Gasteiger partial charge in [-0.1, -0.05) is 11.6 Å². The van der Waals surface area contributed by atoms with Crippen LogP contribution in [-0.4, -0.2) is 15.3 Å². The van der Waals surface area contributed by atoms with E-state index in [0.717, 1.165) is 22.2 Å². The van der Waals surface area contributed by atoms with Crippen molar-refractivity contribution in [2.75, 3.05) is 11.5 Å². The Morgan fingerprint density at radius 2 is 2.31 bits per heavy atom. The van der Waals surface area contributed by atoms with Gasteiger partial charge in [0.05, 0.1) is 11.3 Å². The van der Waals surface area contributed by atoms with E-state index in [-0.39, 0.29) is 0 Å². The number of anilines is 1. The second-order valence-corrected chi connectivity index (χ2v) is 4.88. The summed E-state index contributed by atoms with van der Waals surface area (Å²) in [5.74, 6) is 0.958. The number of halogens is 1. The Morgan fingerprint density at radius 1 is 1.44 bits per heavy atom. The third-order valence-electron chi connectivity index (χ3n) is 2.12. The van der Waals surface area contributed by atoms with Crippen LogP contribution in [-0.2, 0) is 6.54 Å². The van der Waals surface area contributed by atoms with Gasteiger partial charge in [-0.15, -0.1) is 11.8 Å². The molecule has 84 valence electrons.